The van der Waals surface area contributed by atoms with E-state index in [4.69, 9.17) is 4.74 Å². The van der Waals surface area contributed by atoms with Crippen LogP contribution in [0.1, 0.15) is 30.4 Å². The number of carbonyl (C=O) groups is 2. The average Bonchev–Trinajstić information content (AvgIpc) is 2.72. The average molecular weight is 435 g/mol. The van der Waals surface area contributed by atoms with Crippen molar-refractivity contribution in [2.75, 3.05) is 6.54 Å². The van der Waals surface area contributed by atoms with Gasteiger partial charge in [0.2, 0.25) is 10.0 Å². The van der Waals surface area contributed by atoms with Crippen LogP contribution >= 0.6 is 0 Å². The molecule has 0 fully saturated rings. The van der Waals surface area contributed by atoms with E-state index >= 15 is 0 Å². The number of alkyl carbamates (subject to hydrolysis) is 1. The van der Waals surface area contributed by atoms with Crippen molar-refractivity contribution in [2.45, 2.75) is 43.7 Å². The topological polar surface area (TPSA) is 122 Å². The minimum atomic E-state index is -3.60. The molecule has 0 aliphatic carbocycles. The van der Waals surface area contributed by atoms with Gasteiger partial charge in [-0.05, 0) is 43.9 Å². The van der Waals surface area contributed by atoms with E-state index in [1.165, 1.54) is 12.1 Å². The van der Waals surface area contributed by atoms with E-state index in [2.05, 4.69) is 10.0 Å². The first-order chi connectivity index (χ1) is 14.3. The fourth-order valence-electron chi connectivity index (χ4n) is 2.65. The Hall–Kier alpha value is -2.91. The molecule has 0 radical (unpaired) electrons. The maximum atomic E-state index is 12.2. The molecule has 2 aromatic rings. The molecule has 0 aliphatic heterocycles. The van der Waals surface area contributed by atoms with E-state index in [1.807, 2.05) is 25.1 Å². The van der Waals surface area contributed by atoms with Gasteiger partial charge in [0.1, 0.15) is 12.6 Å². The number of amides is 1. The number of carboxylic acid groups (broad SMARTS) is 1. The molecule has 0 heterocycles. The van der Waals surface area contributed by atoms with Gasteiger partial charge in [-0.3, -0.25) is 0 Å². The first kappa shape index (κ1) is 23.4. The number of nitrogens with one attached hydrogen (secondary N) is 2. The number of ether oxygens (including phenoxy) is 1. The van der Waals surface area contributed by atoms with E-state index in [0.717, 1.165) is 11.1 Å². The lowest BCUT2D eigenvalue weighted by molar-refractivity contribution is -0.139. The Morgan fingerprint density at radius 1 is 1.03 bits per heavy atom. The lowest BCUT2D eigenvalue weighted by atomic mass is 10.1. The standard InChI is InChI=1S/C21H26N2O6S/c1-16-10-12-18(13-11-16)30(27,28)22-14-6-5-9-19(20(24)25)23-21(26)29-15-17-7-3-2-4-8-17/h2-4,7-8,10-13,19,22H,5-6,9,14-15H2,1H3,(H,23,26)(H,24,25)/t19-/m1/s1. The van der Waals surface area contributed by atoms with Crippen molar-refractivity contribution in [1.29, 1.82) is 0 Å². The third-order valence-corrected chi connectivity index (χ3v) is 5.82. The molecule has 2 aromatic carbocycles. The van der Waals surface area contributed by atoms with Gasteiger partial charge < -0.3 is 15.2 Å². The number of rotatable bonds is 11. The Labute approximate surface area is 176 Å². The van der Waals surface area contributed by atoms with E-state index in [9.17, 15) is 23.1 Å². The minimum absolute atomic E-state index is 0.0415. The second-order valence-corrected chi connectivity index (χ2v) is 8.57. The molecule has 0 aromatic heterocycles. The zero-order chi connectivity index (χ0) is 22.0. The van der Waals surface area contributed by atoms with Crippen molar-refractivity contribution in [3.63, 3.8) is 0 Å². The molecular weight excluding hydrogens is 408 g/mol. The van der Waals surface area contributed by atoms with Gasteiger partial charge in [-0.1, -0.05) is 48.0 Å². The molecule has 3 N–H and O–H groups in total. The third-order valence-electron chi connectivity index (χ3n) is 4.35. The SMILES string of the molecule is Cc1ccc(S(=O)(=O)NCCCC[C@@H](NC(=O)OCc2ccccc2)C(=O)O)cc1. The Morgan fingerprint density at radius 3 is 2.33 bits per heavy atom. The zero-order valence-electron chi connectivity index (χ0n) is 16.7. The summed E-state index contributed by atoms with van der Waals surface area (Å²) in [6, 6.07) is 14.4. The highest BCUT2D eigenvalue weighted by Crippen LogP contribution is 2.10. The summed E-state index contributed by atoms with van der Waals surface area (Å²) in [5.41, 5.74) is 1.75. The monoisotopic (exact) mass is 434 g/mol. The summed E-state index contributed by atoms with van der Waals surface area (Å²) in [4.78, 5) is 23.4. The number of carboxylic acids is 1. The number of aliphatic carboxylic acids is 1. The van der Waals surface area contributed by atoms with Gasteiger partial charge in [-0.25, -0.2) is 22.7 Å². The summed E-state index contributed by atoms with van der Waals surface area (Å²) in [7, 11) is -3.60. The molecule has 0 bridgehead atoms. The number of sulfonamides is 1. The first-order valence-corrected chi connectivity index (χ1v) is 11.0. The van der Waals surface area contributed by atoms with Crippen LogP contribution in [-0.4, -0.2) is 38.2 Å². The van der Waals surface area contributed by atoms with Gasteiger partial charge in [0, 0.05) is 6.54 Å². The van der Waals surface area contributed by atoms with Crippen LogP contribution in [0.5, 0.6) is 0 Å². The summed E-state index contributed by atoms with van der Waals surface area (Å²) in [5, 5.41) is 11.6. The highest BCUT2D eigenvalue weighted by molar-refractivity contribution is 7.89. The molecule has 30 heavy (non-hydrogen) atoms. The minimum Gasteiger partial charge on any atom is -0.480 e. The van der Waals surface area contributed by atoms with Gasteiger partial charge >= 0.3 is 12.1 Å². The van der Waals surface area contributed by atoms with Crippen LogP contribution in [0.2, 0.25) is 0 Å². The lowest BCUT2D eigenvalue weighted by Gasteiger charge is -2.14. The zero-order valence-corrected chi connectivity index (χ0v) is 17.5. The predicted molar refractivity (Wildman–Crippen MR) is 111 cm³/mol. The maximum Gasteiger partial charge on any atom is 0.408 e. The second-order valence-electron chi connectivity index (χ2n) is 6.80. The van der Waals surface area contributed by atoms with Crippen molar-refractivity contribution in [3.05, 3.63) is 65.7 Å². The fraction of sp³-hybridized carbons (Fsp3) is 0.333. The summed E-state index contributed by atoms with van der Waals surface area (Å²) in [6.07, 6.45) is 0.176. The van der Waals surface area contributed by atoms with Gasteiger partial charge in [-0.2, -0.15) is 0 Å². The number of unbranched alkanes of at least 4 members (excludes halogenated alkanes) is 1. The van der Waals surface area contributed by atoms with Gasteiger partial charge in [0.15, 0.2) is 0 Å². The van der Waals surface area contributed by atoms with Crippen LogP contribution in [-0.2, 0) is 26.2 Å². The number of hydrogen-bond acceptors (Lipinski definition) is 5. The largest absolute Gasteiger partial charge is 0.480 e. The first-order valence-electron chi connectivity index (χ1n) is 9.54. The van der Waals surface area contributed by atoms with Gasteiger partial charge in [0.25, 0.3) is 0 Å². The van der Waals surface area contributed by atoms with Crippen molar-refractivity contribution < 1.29 is 27.9 Å². The van der Waals surface area contributed by atoms with Crippen LogP contribution in [0.25, 0.3) is 0 Å². The lowest BCUT2D eigenvalue weighted by Crippen LogP contribution is -2.41. The highest BCUT2D eigenvalue weighted by atomic mass is 32.2. The van der Waals surface area contributed by atoms with E-state index < -0.39 is 28.1 Å². The van der Waals surface area contributed by atoms with Gasteiger partial charge in [-0.15, -0.1) is 0 Å². The second kappa shape index (κ2) is 11.3. The molecule has 8 nitrogen and oxygen atoms in total. The molecule has 0 spiro atoms. The maximum absolute atomic E-state index is 12.2. The number of hydrogen-bond donors (Lipinski definition) is 3. The van der Waals surface area contributed by atoms with Crippen molar-refractivity contribution in [1.82, 2.24) is 10.0 Å². The molecule has 0 saturated heterocycles. The molecule has 0 saturated carbocycles. The quantitative estimate of drug-likeness (QED) is 0.468. The summed E-state index contributed by atoms with van der Waals surface area (Å²) in [5.74, 6) is -1.17. The van der Waals surface area contributed by atoms with Crippen LogP contribution in [0.3, 0.4) is 0 Å². The predicted octanol–water partition coefficient (Wildman–Crippen LogP) is 2.82. The molecule has 2 rings (SSSR count). The Balaban J connectivity index is 1.72. The van der Waals surface area contributed by atoms with E-state index in [1.54, 1.807) is 24.3 Å². The fourth-order valence-corrected chi connectivity index (χ4v) is 3.72. The molecule has 0 unspecified atom stereocenters. The third kappa shape index (κ3) is 7.84. The molecule has 162 valence electrons. The molecular formula is C21H26N2O6S. The van der Waals surface area contributed by atoms with Crippen LogP contribution in [0, 0.1) is 6.92 Å². The number of carbonyl (C=O) groups excluding carboxylic acids is 1. The number of benzene rings is 2. The van der Waals surface area contributed by atoms with Crippen molar-refractivity contribution in [2.24, 2.45) is 0 Å². The summed E-state index contributed by atoms with van der Waals surface area (Å²) < 4.78 is 31.9. The van der Waals surface area contributed by atoms with Crippen molar-refractivity contribution in [3.8, 4) is 0 Å². The Kier molecular flexibility index (Phi) is 8.82. The van der Waals surface area contributed by atoms with Crippen molar-refractivity contribution >= 4 is 22.1 Å². The summed E-state index contributed by atoms with van der Waals surface area (Å²) in [6.45, 7) is 2.08. The number of aryl methyl sites for hydroxylation is 1. The Bertz CT molecular complexity index is 930. The van der Waals surface area contributed by atoms with Crippen LogP contribution in [0.4, 0.5) is 4.79 Å². The Morgan fingerprint density at radius 2 is 1.70 bits per heavy atom. The van der Waals surface area contributed by atoms with E-state index in [-0.39, 0.29) is 24.5 Å². The summed E-state index contributed by atoms with van der Waals surface area (Å²) >= 11 is 0. The molecule has 1 amide bonds. The smallest absolute Gasteiger partial charge is 0.408 e. The van der Waals surface area contributed by atoms with Gasteiger partial charge in [0.05, 0.1) is 4.90 Å². The van der Waals surface area contributed by atoms with Crippen LogP contribution in [0.15, 0.2) is 59.5 Å². The van der Waals surface area contributed by atoms with Crippen LogP contribution < -0.4 is 10.0 Å². The highest BCUT2D eigenvalue weighted by Gasteiger charge is 2.20. The molecule has 9 heteroatoms. The molecule has 1 atom stereocenters. The normalized spacial score (nSPS) is 12.2. The molecule has 0 aliphatic rings. The van der Waals surface area contributed by atoms with E-state index in [0.29, 0.717) is 12.8 Å².